The van der Waals surface area contributed by atoms with Crippen LogP contribution < -0.4 is 4.74 Å². The Bertz CT molecular complexity index is 487. The summed E-state index contributed by atoms with van der Waals surface area (Å²) >= 11 is 0. The fourth-order valence-electron chi connectivity index (χ4n) is 2.80. The van der Waals surface area contributed by atoms with Crippen LogP contribution in [0.25, 0.3) is 0 Å². The number of hydrogen-bond acceptors (Lipinski definition) is 3. The van der Waals surface area contributed by atoms with Gasteiger partial charge in [-0.05, 0) is 51.3 Å². The van der Waals surface area contributed by atoms with Crippen molar-refractivity contribution in [3.05, 3.63) is 29.8 Å². The maximum absolute atomic E-state index is 12.5. The van der Waals surface area contributed by atoms with E-state index in [0.29, 0.717) is 6.54 Å². The molecule has 116 valence electrons. The van der Waals surface area contributed by atoms with Crippen LogP contribution in [0.15, 0.2) is 24.3 Å². The first-order valence-corrected chi connectivity index (χ1v) is 7.67. The number of benzene rings is 1. The largest absolute Gasteiger partial charge is 0.481 e. The second-order valence-corrected chi connectivity index (χ2v) is 6.00. The minimum absolute atomic E-state index is 0.00172. The van der Waals surface area contributed by atoms with Crippen LogP contribution in [-0.4, -0.2) is 41.2 Å². The van der Waals surface area contributed by atoms with E-state index in [2.05, 4.69) is 0 Å². The normalized spacial score (nSPS) is 21.7. The molecule has 0 aromatic heterocycles. The Labute approximate surface area is 126 Å². The third kappa shape index (κ3) is 4.21. The van der Waals surface area contributed by atoms with E-state index >= 15 is 0 Å². The van der Waals surface area contributed by atoms with Gasteiger partial charge in [-0.2, -0.15) is 0 Å². The number of likely N-dealkylation sites (tertiary alicyclic amines) is 1. The molecule has 0 spiro atoms. The van der Waals surface area contributed by atoms with E-state index in [4.69, 9.17) is 4.74 Å². The molecular weight excluding hydrogens is 266 g/mol. The summed E-state index contributed by atoms with van der Waals surface area (Å²) in [5.41, 5.74) is 1.11. The van der Waals surface area contributed by atoms with Gasteiger partial charge in [-0.1, -0.05) is 12.1 Å². The Balaban J connectivity index is 1.95. The second kappa shape index (κ2) is 6.94. The van der Waals surface area contributed by atoms with Gasteiger partial charge in [0.05, 0.1) is 6.10 Å². The molecule has 1 heterocycles. The van der Waals surface area contributed by atoms with Crippen molar-refractivity contribution in [2.45, 2.75) is 45.8 Å². The molecule has 1 N–H and O–H groups in total. The van der Waals surface area contributed by atoms with Gasteiger partial charge in [-0.3, -0.25) is 4.79 Å². The number of hydrogen-bond donors (Lipinski definition) is 1. The number of carbonyl (C=O) groups is 1. The highest BCUT2D eigenvalue weighted by Crippen LogP contribution is 2.21. The van der Waals surface area contributed by atoms with E-state index in [1.807, 2.05) is 36.1 Å². The molecule has 3 atom stereocenters. The van der Waals surface area contributed by atoms with Gasteiger partial charge in [0.1, 0.15) is 5.75 Å². The number of nitrogens with zero attached hydrogens (tertiary/aromatic N) is 1. The first kappa shape index (κ1) is 15.8. The monoisotopic (exact) mass is 291 g/mol. The Hall–Kier alpha value is -1.55. The lowest BCUT2D eigenvalue weighted by Crippen LogP contribution is -2.47. The molecule has 0 saturated carbocycles. The molecule has 1 aliphatic rings. The molecule has 0 bridgehead atoms. The van der Waals surface area contributed by atoms with Gasteiger partial charge in [-0.25, -0.2) is 0 Å². The number of aliphatic hydroxyl groups is 1. The van der Waals surface area contributed by atoms with Crippen LogP contribution in [0, 0.1) is 12.8 Å². The topological polar surface area (TPSA) is 49.8 Å². The van der Waals surface area contributed by atoms with Crippen molar-refractivity contribution >= 4 is 5.91 Å². The Kier molecular flexibility index (Phi) is 5.23. The zero-order chi connectivity index (χ0) is 15.4. The summed E-state index contributed by atoms with van der Waals surface area (Å²) in [4.78, 5) is 14.3. The van der Waals surface area contributed by atoms with E-state index in [-0.39, 0.29) is 17.9 Å². The van der Waals surface area contributed by atoms with E-state index < -0.39 is 6.10 Å². The summed E-state index contributed by atoms with van der Waals surface area (Å²) in [7, 11) is 0. The summed E-state index contributed by atoms with van der Waals surface area (Å²) in [5, 5.41) is 9.71. The van der Waals surface area contributed by atoms with Gasteiger partial charge in [0.2, 0.25) is 0 Å². The van der Waals surface area contributed by atoms with Crippen molar-refractivity contribution in [3.8, 4) is 5.75 Å². The average molecular weight is 291 g/mol. The van der Waals surface area contributed by atoms with Crippen molar-refractivity contribution in [1.82, 2.24) is 4.90 Å². The molecule has 1 aromatic carbocycles. The van der Waals surface area contributed by atoms with Crippen molar-refractivity contribution in [2.75, 3.05) is 13.1 Å². The van der Waals surface area contributed by atoms with E-state index in [1.54, 1.807) is 13.8 Å². The zero-order valence-corrected chi connectivity index (χ0v) is 13.1. The quantitative estimate of drug-likeness (QED) is 0.926. The molecule has 1 aliphatic heterocycles. The van der Waals surface area contributed by atoms with Crippen molar-refractivity contribution < 1.29 is 14.6 Å². The Morgan fingerprint density at radius 3 is 2.86 bits per heavy atom. The van der Waals surface area contributed by atoms with Gasteiger partial charge in [0.15, 0.2) is 6.10 Å². The van der Waals surface area contributed by atoms with Crippen LogP contribution in [0.3, 0.4) is 0 Å². The van der Waals surface area contributed by atoms with Crippen LogP contribution in [0.4, 0.5) is 0 Å². The summed E-state index contributed by atoms with van der Waals surface area (Å²) in [6, 6.07) is 7.72. The van der Waals surface area contributed by atoms with Crippen LogP contribution in [0.2, 0.25) is 0 Å². The smallest absolute Gasteiger partial charge is 0.263 e. The van der Waals surface area contributed by atoms with Crippen molar-refractivity contribution in [3.63, 3.8) is 0 Å². The van der Waals surface area contributed by atoms with E-state index in [0.717, 1.165) is 30.7 Å². The average Bonchev–Trinajstić information content (AvgIpc) is 2.46. The SMILES string of the molecule is Cc1cccc(OC(C)C(=O)N2CCCC(C(C)O)C2)c1. The first-order valence-electron chi connectivity index (χ1n) is 7.67. The molecular formula is C17H25NO3. The van der Waals surface area contributed by atoms with Crippen LogP contribution in [0.5, 0.6) is 5.75 Å². The zero-order valence-electron chi connectivity index (χ0n) is 13.1. The fraction of sp³-hybridized carbons (Fsp3) is 0.588. The molecule has 1 aromatic rings. The van der Waals surface area contributed by atoms with Gasteiger partial charge >= 0.3 is 0 Å². The third-order valence-corrected chi connectivity index (χ3v) is 4.10. The number of aryl methyl sites for hydroxylation is 1. The van der Waals surface area contributed by atoms with E-state index in [9.17, 15) is 9.90 Å². The number of amides is 1. The maximum atomic E-state index is 12.5. The number of aliphatic hydroxyl groups excluding tert-OH is 1. The predicted octanol–water partition coefficient (Wildman–Crippen LogP) is 2.38. The molecule has 1 amide bonds. The lowest BCUT2D eigenvalue weighted by Gasteiger charge is -2.35. The maximum Gasteiger partial charge on any atom is 0.263 e. The second-order valence-electron chi connectivity index (χ2n) is 6.00. The number of carbonyl (C=O) groups excluding carboxylic acids is 1. The molecule has 0 radical (unpaired) electrons. The van der Waals surface area contributed by atoms with Gasteiger partial charge in [0, 0.05) is 19.0 Å². The Morgan fingerprint density at radius 2 is 2.19 bits per heavy atom. The van der Waals surface area contributed by atoms with Gasteiger partial charge in [0.25, 0.3) is 5.91 Å². The minimum Gasteiger partial charge on any atom is -0.481 e. The summed E-state index contributed by atoms with van der Waals surface area (Å²) in [6.07, 6.45) is 1.06. The van der Waals surface area contributed by atoms with Crippen LogP contribution in [0.1, 0.15) is 32.3 Å². The first-order chi connectivity index (χ1) is 9.97. The highest BCUT2D eigenvalue weighted by atomic mass is 16.5. The fourth-order valence-corrected chi connectivity index (χ4v) is 2.80. The molecule has 0 aliphatic carbocycles. The summed E-state index contributed by atoms with van der Waals surface area (Å²) in [5.74, 6) is 0.899. The lowest BCUT2D eigenvalue weighted by atomic mass is 9.93. The molecule has 1 saturated heterocycles. The van der Waals surface area contributed by atoms with E-state index in [1.165, 1.54) is 0 Å². The molecule has 4 heteroatoms. The molecule has 1 fully saturated rings. The standard InChI is InChI=1S/C17H25NO3/c1-12-6-4-8-16(10-12)21-14(3)17(20)18-9-5-7-15(11-18)13(2)19/h4,6,8,10,13-15,19H,5,7,9,11H2,1-3H3. The molecule has 2 rings (SSSR count). The minimum atomic E-state index is -0.500. The number of piperidine rings is 1. The van der Waals surface area contributed by atoms with Crippen molar-refractivity contribution in [1.29, 1.82) is 0 Å². The van der Waals surface area contributed by atoms with Crippen LogP contribution in [-0.2, 0) is 4.79 Å². The predicted molar refractivity (Wildman–Crippen MR) is 82.3 cm³/mol. The molecule has 4 nitrogen and oxygen atoms in total. The molecule has 3 unspecified atom stereocenters. The van der Waals surface area contributed by atoms with Crippen LogP contribution >= 0.6 is 0 Å². The number of rotatable bonds is 4. The van der Waals surface area contributed by atoms with Gasteiger partial charge < -0.3 is 14.7 Å². The highest BCUT2D eigenvalue weighted by molar-refractivity contribution is 5.81. The molecule has 21 heavy (non-hydrogen) atoms. The highest BCUT2D eigenvalue weighted by Gasteiger charge is 2.29. The Morgan fingerprint density at radius 1 is 1.43 bits per heavy atom. The number of ether oxygens (including phenoxy) is 1. The third-order valence-electron chi connectivity index (χ3n) is 4.10. The summed E-state index contributed by atoms with van der Waals surface area (Å²) < 4.78 is 5.75. The lowest BCUT2D eigenvalue weighted by molar-refractivity contribution is -0.140. The van der Waals surface area contributed by atoms with Crippen molar-refractivity contribution in [2.24, 2.45) is 5.92 Å². The summed E-state index contributed by atoms with van der Waals surface area (Å²) in [6.45, 7) is 6.96. The van der Waals surface area contributed by atoms with Gasteiger partial charge in [-0.15, -0.1) is 0 Å².